The Morgan fingerprint density at radius 3 is 2.67 bits per heavy atom. The summed E-state index contributed by atoms with van der Waals surface area (Å²) < 4.78 is 4.88. The number of nitrogens with zero attached hydrogens (tertiary/aromatic N) is 1. The fourth-order valence-electron chi connectivity index (χ4n) is 2.70. The van der Waals surface area contributed by atoms with Crippen molar-refractivity contribution in [1.29, 1.82) is 0 Å². The minimum atomic E-state index is -0.355. The standard InChI is InChI=1S/C16H19N3O2S3/c1-8-9(2)23-13(12(8)14(20)21-3)18-15(22)19-16-17-10-6-4-5-7-11(10)24-16/h4-7H2,1-3H3,(H2,17,18,19,22). The molecule has 0 bridgehead atoms. The Labute approximate surface area is 154 Å². The van der Waals surface area contributed by atoms with Crippen molar-refractivity contribution in [1.82, 2.24) is 4.98 Å². The highest BCUT2D eigenvalue weighted by Gasteiger charge is 2.21. The summed E-state index contributed by atoms with van der Waals surface area (Å²) in [7, 11) is 1.38. The largest absolute Gasteiger partial charge is 0.465 e. The average molecular weight is 382 g/mol. The van der Waals surface area contributed by atoms with E-state index in [9.17, 15) is 4.79 Å². The summed E-state index contributed by atoms with van der Waals surface area (Å²) in [5.74, 6) is -0.355. The number of thiophene rings is 1. The van der Waals surface area contributed by atoms with Gasteiger partial charge in [-0.2, -0.15) is 0 Å². The molecule has 0 amide bonds. The topological polar surface area (TPSA) is 63.2 Å². The summed E-state index contributed by atoms with van der Waals surface area (Å²) >= 11 is 8.55. The van der Waals surface area contributed by atoms with Gasteiger partial charge in [0.1, 0.15) is 5.00 Å². The summed E-state index contributed by atoms with van der Waals surface area (Å²) in [5.41, 5.74) is 2.65. The Bertz CT molecular complexity index is 771. The van der Waals surface area contributed by atoms with Gasteiger partial charge in [-0.1, -0.05) is 0 Å². The van der Waals surface area contributed by atoms with Crippen LogP contribution in [-0.2, 0) is 17.6 Å². The Morgan fingerprint density at radius 1 is 1.21 bits per heavy atom. The van der Waals surface area contributed by atoms with E-state index in [0.717, 1.165) is 28.4 Å². The van der Waals surface area contributed by atoms with Crippen molar-refractivity contribution < 1.29 is 9.53 Å². The van der Waals surface area contributed by atoms with Crippen LogP contribution in [0.5, 0.6) is 0 Å². The molecule has 1 aliphatic rings. The van der Waals surface area contributed by atoms with Crippen LogP contribution in [0.4, 0.5) is 10.1 Å². The lowest BCUT2D eigenvalue weighted by Crippen LogP contribution is -2.20. The van der Waals surface area contributed by atoms with Gasteiger partial charge < -0.3 is 15.4 Å². The molecule has 5 nitrogen and oxygen atoms in total. The SMILES string of the molecule is COC(=O)c1c(NC(=S)Nc2nc3c(s2)CCCC3)sc(C)c1C. The van der Waals surface area contributed by atoms with E-state index in [2.05, 4.69) is 15.6 Å². The van der Waals surface area contributed by atoms with Crippen LogP contribution >= 0.6 is 34.9 Å². The minimum absolute atomic E-state index is 0.355. The zero-order valence-corrected chi connectivity index (χ0v) is 16.3. The molecule has 2 N–H and O–H groups in total. The summed E-state index contributed by atoms with van der Waals surface area (Å²) in [4.78, 5) is 19.0. The van der Waals surface area contributed by atoms with Gasteiger partial charge in [0.2, 0.25) is 0 Å². The minimum Gasteiger partial charge on any atom is -0.465 e. The van der Waals surface area contributed by atoms with Crippen molar-refractivity contribution in [2.45, 2.75) is 39.5 Å². The van der Waals surface area contributed by atoms with Gasteiger partial charge in [-0.15, -0.1) is 22.7 Å². The van der Waals surface area contributed by atoms with Crippen LogP contribution in [0.25, 0.3) is 0 Å². The lowest BCUT2D eigenvalue weighted by molar-refractivity contribution is 0.0601. The fraction of sp³-hybridized carbons (Fsp3) is 0.438. The van der Waals surface area contributed by atoms with Crippen molar-refractivity contribution in [2.24, 2.45) is 0 Å². The van der Waals surface area contributed by atoms with Crippen molar-refractivity contribution >= 4 is 56.1 Å². The molecular formula is C16H19N3O2S3. The number of carbonyl (C=O) groups is 1. The second-order valence-corrected chi connectivity index (χ2v) is 8.37. The third kappa shape index (κ3) is 3.45. The highest BCUT2D eigenvalue weighted by atomic mass is 32.1. The van der Waals surface area contributed by atoms with Crippen LogP contribution < -0.4 is 10.6 Å². The molecule has 0 saturated carbocycles. The average Bonchev–Trinajstić information content (AvgIpc) is 3.07. The number of thiocarbonyl (C=S) groups is 1. The molecule has 128 valence electrons. The molecule has 0 unspecified atom stereocenters. The van der Waals surface area contributed by atoms with E-state index >= 15 is 0 Å². The maximum absolute atomic E-state index is 12.0. The van der Waals surface area contributed by atoms with Gasteiger partial charge in [-0.05, 0) is 57.3 Å². The third-order valence-corrected chi connectivity index (χ3v) is 6.47. The zero-order valence-electron chi connectivity index (χ0n) is 13.8. The fourth-order valence-corrected chi connectivity index (χ4v) is 5.13. The molecule has 24 heavy (non-hydrogen) atoms. The number of rotatable bonds is 3. The zero-order chi connectivity index (χ0) is 17.3. The Hall–Kier alpha value is -1.51. The number of methoxy groups -OCH3 is 1. The molecule has 8 heteroatoms. The number of anilines is 2. The van der Waals surface area contributed by atoms with Gasteiger partial charge in [0.05, 0.1) is 18.4 Å². The second-order valence-electron chi connectivity index (χ2n) is 5.65. The number of thiazole rings is 1. The maximum Gasteiger partial charge on any atom is 0.341 e. The maximum atomic E-state index is 12.0. The number of aromatic nitrogens is 1. The van der Waals surface area contributed by atoms with Crippen molar-refractivity contribution in [3.05, 3.63) is 26.6 Å². The molecule has 0 fully saturated rings. The van der Waals surface area contributed by atoms with Gasteiger partial charge in [0.15, 0.2) is 10.2 Å². The number of hydrogen-bond donors (Lipinski definition) is 2. The molecule has 1 aliphatic carbocycles. The van der Waals surface area contributed by atoms with Gasteiger partial charge in [0, 0.05) is 9.75 Å². The van der Waals surface area contributed by atoms with Gasteiger partial charge in [-0.3, -0.25) is 0 Å². The van der Waals surface area contributed by atoms with E-state index in [4.69, 9.17) is 17.0 Å². The molecule has 2 aromatic rings. The Kier molecular flexibility index (Phi) is 5.17. The van der Waals surface area contributed by atoms with E-state index in [0.29, 0.717) is 15.7 Å². The number of nitrogens with one attached hydrogen (secondary N) is 2. The molecule has 0 radical (unpaired) electrons. The molecule has 3 rings (SSSR count). The number of aryl methyl sites for hydroxylation is 3. The molecule has 0 aromatic carbocycles. The smallest absolute Gasteiger partial charge is 0.341 e. The predicted octanol–water partition coefficient (Wildman–Crippen LogP) is 4.30. The van der Waals surface area contributed by atoms with E-state index in [1.807, 2.05) is 13.8 Å². The first-order valence-corrected chi connectivity index (χ1v) is 9.78. The molecule has 0 aliphatic heterocycles. The molecular weight excluding hydrogens is 362 g/mol. The van der Waals surface area contributed by atoms with Gasteiger partial charge in [0.25, 0.3) is 0 Å². The molecule has 0 saturated heterocycles. The number of hydrogen-bond acceptors (Lipinski definition) is 6. The van der Waals surface area contributed by atoms with E-state index < -0.39 is 0 Å². The summed E-state index contributed by atoms with van der Waals surface area (Å²) in [6.45, 7) is 3.89. The highest BCUT2D eigenvalue weighted by Crippen LogP contribution is 2.33. The number of ether oxygens (including phenoxy) is 1. The van der Waals surface area contributed by atoms with Crippen LogP contribution in [0.3, 0.4) is 0 Å². The normalized spacial score (nSPS) is 13.3. The van der Waals surface area contributed by atoms with E-state index in [1.165, 1.54) is 41.9 Å². The van der Waals surface area contributed by atoms with E-state index in [1.54, 1.807) is 11.3 Å². The Morgan fingerprint density at radius 2 is 1.96 bits per heavy atom. The van der Waals surface area contributed by atoms with Crippen LogP contribution in [0.15, 0.2) is 0 Å². The lowest BCUT2D eigenvalue weighted by atomic mass is 10.0. The molecule has 2 heterocycles. The van der Waals surface area contributed by atoms with Crippen LogP contribution in [0, 0.1) is 13.8 Å². The summed E-state index contributed by atoms with van der Waals surface area (Å²) in [5, 5.41) is 8.21. The third-order valence-electron chi connectivity index (χ3n) is 4.07. The molecule has 0 atom stereocenters. The number of esters is 1. The van der Waals surface area contributed by atoms with E-state index in [-0.39, 0.29) is 5.97 Å². The quantitative estimate of drug-likeness (QED) is 0.611. The first-order chi connectivity index (χ1) is 11.5. The lowest BCUT2D eigenvalue weighted by Gasteiger charge is -2.08. The summed E-state index contributed by atoms with van der Waals surface area (Å²) in [6, 6.07) is 0. The first kappa shape index (κ1) is 17.3. The van der Waals surface area contributed by atoms with Gasteiger partial charge in [-0.25, -0.2) is 9.78 Å². The Balaban J connectivity index is 1.74. The van der Waals surface area contributed by atoms with Crippen molar-refractivity contribution in [3.63, 3.8) is 0 Å². The van der Waals surface area contributed by atoms with Crippen LogP contribution in [0.2, 0.25) is 0 Å². The van der Waals surface area contributed by atoms with Crippen LogP contribution in [0.1, 0.15) is 44.2 Å². The number of fused-ring (bicyclic) bond motifs is 1. The highest BCUT2D eigenvalue weighted by molar-refractivity contribution is 7.80. The monoisotopic (exact) mass is 381 g/mol. The van der Waals surface area contributed by atoms with Gasteiger partial charge >= 0.3 is 5.97 Å². The van der Waals surface area contributed by atoms with Crippen molar-refractivity contribution in [2.75, 3.05) is 17.7 Å². The second kappa shape index (κ2) is 7.16. The predicted molar refractivity (Wildman–Crippen MR) is 104 cm³/mol. The molecule has 0 spiro atoms. The van der Waals surface area contributed by atoms with Crippen molar-refractivity contribution in [3.8, 4) is 0 Å². The molecule has 2 aromatic heterocycles. The van der Waals surface area contributed by atoms with Crippen LogP contribution in [-0.4, -0.2) is 23.2 Å². The summed E-state index contributed by atoms with van der Waals surface area (Å²) in [6.07, 6.45) is 4.58. The first-order valence-electron chi connectivity index (χ1n) is 7.74. The number of carbonyl (C=O) groups excluding carboxylic acids is 1.